The van der Waals surface area contributed by atoms with E-state index in [9.17, 15) is 29.4 Å². The second kappa shape index (κ2) is 12.9. The number of urea groups is 1. The minimum Gasteiger partial charge on any atom is -0.508 e. The van der Waals surface area contributed by atoms with Crippen molar-refractivity contribution in [2.75, 3.05) is 26.2 Å². The predicted octanol–water partition coefficient (Wildman–Crippen LogP) is 2.23. The number of likely N-dealkylation sites (tertiary alicyclic amines) is 1. The lowest BCUT2D eigenvalue weighted by molar-refractivity contribution is -0.134. The lowest BCUT2D eigenvalue weighted by atomic mass is 9.95. The number of hydrogen-bond acceptors (Lipinski definition) is 6. The van der Waals surface area contributed by atoms with Crippen molar-refractivity contribution < 1.29 is 34.5 Å². The van der Waals surface area contributed by atoms with E-state index in [4.69, 9.17) is 5.11 Å². The molecule has 1 aliphatic rings. The third kappa shape index (κ3) is 7.72. The maximum absolute atomic E-state index is 13.2. The number of aromatic hydroxyl groups is 1. The summed E-state index contributed by atoms with van der Waals surface area (Å²) in [5.74, 6) is -1.25. The smallest absolute Gasteiger partial charge is 0.407 e. The number of hydrogen-bond donors (Lipinski definition) is 4. The minimum atomic E-state index is -1.03. The largest absolute Gasteiger partial charge is 0.508 e. The maximum atomic E-state index is 13.2. The molecule has 1 aromatic rings. The maximum Gasteiger partial charge on any atom is 0.407 e. The number of piperidine rings is 1. The number of carbonyl (C=O) groups excluding carboxylic acids is 3. The summed E-state index contributed by atoms with van der Waals surface area (Å²) < 4.78 is 0. The fraction of sp³-hybridized carbons (Fsp3) is 0.583. The molecule has 1 unspecified atom stereocenters. The van der Waals surface area contributed by atoms with Crippen molar-refractivity contribution in [3.8, 4) is 5.75 Å². The number of phenolic OH excluding ortho intramolecular Hbond substituents is 1. The molecule has 0 aromatic heterocycles. The first-order chi connectivity index (χ1) is 16.2. The van der Waals surface area contributed by atoms with Gasteiger partial charge >= 0.3 is 12.1 Å². The highest BCUT2D eigenvalue weighted by molar-refractivity contribution is 5.98. The molecule has 1 heterocycles. The number of carboxylic acid groups (broad SMARTS) is 1. The summed E-state index contributed by atoms with van der Waals surface area (Å²) in [4.78, 5) is 52.3. The zero-order valence-corrected chi connectivity index (χ0v) is 19.8. The SMILES string of the molecule is CCC(C)CN(C(=O)N[C@@H](CCc1ccc(O)cc1)C(=O)CO)C(=O)C1CCN(C(=O)O)CC1. The van der Waals surface area contributed by atoms with E-state index in [0.717, 1.165) is 16.9 Å². The number of carbonyl (C=O) groups is 4. The Bertz CT molecular complexity index is 851. The molecule has 188 valence electrons. The van der Waals surface area contributed by atoms with Gasteiger partial charge in [-0.15, -0.1) is 0 Å². The van der Waals surface area contributed by atoms with Crippen molar-refractivity contribution in [3.63, 3.8) is 0 Å². The molecular weight excluding hydrogens is 442 g/mol. The van der Waals surface area contributed by atoms with Crippen LogP contribution in [0.4, 0.5) is 9.59 Å². The first-order valence-corrected chi connectivity index (χ1v) is 11.7. The van der Waals surface area contributed by atoms with Gasteiger partial charge in [-0.3, -0.25) is 14.5 Å². The van der Waals surface area contributed by atoms with Crippen molar-refractivity contribution in [2.24, 2.45) is 11.8 Å². The number of benzene rings is 1. The highest BCUT2D eigenvalue weighted by atomic mass is 16.4. The molecule has 4 N–H and O–H groups in total. The van der Waals surface area contributed by atoms with Crippen LogP contribution in [-0.2, 0) is 16.0 Å². The van der Waals surface area contributed by atoms with Crippen molar-refractivity contribution >= 4 is 23.8 Å². The van der Waals surface area contributed by atoms with Gasteiger partial charge in [0.15, 0.2) is 5.78 Å². The number of nitrogens with one attached hydrogen (secondary N) is 1. The molecule has 10 nitrogen and oxygen atoms in total. The topological polar surface area (TPSA) is 147 Å². The van der Waals surface area contributed by atoms with Gasteiger partial charge < -0.3 is 25.5 Å². The Morgan fingerprint density at radius 2 is 1.76 bits per heavy atom. The van der Waals surface area contributed by atoms with E-state index in [2.05, 4.69) is 5.32 Å². The number of rotatable bonds is 10. The summed E-state index contributed by atoms with van der Waals surface area (Å²) in [6, 6.07) is 4.80. The molecule has 34 heavy (non-hydrogen) atoms. The lowest BCUT2D eigenvalue weighted by Gasteiger charge is -2.33. The van der Waals surface area contributed by atoms with E-state index in [1.807, 2.05) is 13.8 Å². The fourth-order valence-corrected chi connectivity index (χ4v) is 3.88. The van der Waals surface area contributed by atoms with Gasteiger partial charge in [-0.05, 0) is 49.3 Å². The van der Waals surface area contributed by atoms with Gasteiger partial charge in [0.25, 0.3) is 0 Å². The summed E-state index contributed by atoms with van der Waals surface area (Å²) in [6.07, 6.45) is 1.01. The number of nitrogens with zero attached hydrogens (tertiary/aromatic N) is 2. The highest BCUT2D eigenvalue weighted by Gasteiger charge is 2.34. The van der Waals surface area contributed by atoms with Crippen molar-refractivity contribution in [1.29, 1.82) is 0 Å². The van der Waals surface area contributed by atoms with Crippen LogP contribution >= 0.6 is 0 Å². The molecule has 0 spiro atoms. The Morgan fingerprint density at radius 3 is 2.29 bits per heavy atom. The second-order valence-corrected chi connectivity index (χ2v) is 8.84. The summed E-state index contributed by atoms with van der Waals surface area (Å²) in [7, 11) is 0. The van der Waals surface area contributed by atoms with Crippen LogP contribution in [0.3, 0.4) is 0 Å². The standard InChI is InChI=1S/C24H35N3O7/c1-3-16(2)14-27(22(31)18-10-12-26(13-11-18)24(33)34)23(32)25-20(21(30)15-28)9-6-17-4-7-19(29)8-5-17/h4-5,7-8,16,18,20,28-29H,3,6,9-15H2,1-2H3,(H,25,32)(H,33,34)/t16?,20-/m0/s1. The first kappa shape index (κ1) is 27.1. The lowest BCUT2D eigenvalue weighted by Crippen LogP contribution is -2.54. The minimum absolute atomic E-state index is 0.0396. The van der Waals surface area contributed by atoms with Crippen LogP contribution in [0.2, 0.25) is 0 Å². The Morgan fingerprint density at radius 1 is 1.15 bits per heavy atom. The molecular formula is C24H35N3O7. The summed E-state index contributed by atoms with van der Waals surface area (Å²) in [6.45, 7) is 3.76. The van der Waals surface area contributed by atoms with Crippen LogP contribution in [0.25, 0.3) is 0 Å². The Labute approximate surface area is 199 Å². The van der Waals surface area contributed by atoms with E-state index in [1.165, 1.54) is 17.0 Å². The van der Waals surface area contributed by atoms with E-state index in [0.29, 0.717) is 19.3 Å². The molecule has 1 fully saturated rings. The number of Topliss-reactive ketones (excluding diaryl/α,β-unsaturated/α-hetero) is 1. The van der Waals surface area contributed by atoms with Gasteiger partial charge in [0.05, 0.1) is 6.04 Å². The molecule has 4 amide bonds. The first-order valence-electron chi connectivity index (χ1n) is 11.7. The summed E-state index contributed by atoms with van der Waals surface area (Å²) in [5, 5.41) is 30.6. The van der Waals surface area contributed by atoms with Gasteiger partial charge in [-0.2, -0.15) is 0 Å². The molecule has 10 heteroatoms. The Balaban J connectivity index is 2.10. The van der Waals surface area contributed by atoms with Crippen LogP contribution in [-0.4, -0.2) is 81.2 Å². The molecule has 1 saturated heterocycles. The molecule has 2 rings (SSSR count). The van der Waals surface area contributed by atoms with E-state index < -0.39 is 36.5 Å². The Hall–Kier alpha value is -3.14. The number of aliphatic hydroxyl groups excluding tert-OH is 1. The average molecular weight is 478 g/mol. The number of ketones is 1. The molecule has 2 atom stereocenters. The van der Waals surface area contributed by atoms with Gasteiger partial charge in [0.1, 0.15) is 12.4 Å². The molecule has 0 saturated carbocycles. The highest BCUT2D eigenvalue weighted by Crippen LogP contribution is 2.21. The van der Waals surface area contributed by atoms with E-state index in [-0.39, 0.29) is 43.6 Å². The number of imide groups is 1. The van der Waals surface area contributed by atoms with Crippen LogP contribution in [0, 0.1) is 11.8 Å². The van der Waals surface area contributed by atoms with Crippen LogP contribution in [0.5, 0.6) is 5.75 Å². The van der Waals surface area contributed by atoms with Gasteiger partial charge in [-0.25, -0.2) is 9.59 Å². The van der Waals surface area contributed by atoms with E-state index in [1.54, 1.807) is 12.1 Å². The molecule has 0 bridgehead atoms. The number of amides is 4. The third-order valence-electron chi connectivity index (χ3n) is 6.32. The predicted molar refractivity (Wildman–Crippen MR) is 124 cm³/mol. The van der Waals surface area contributed by atoms with Crippen molar-refractivity contribution in [2.45, 2.75) is 52.0 Å². The van der Waals surface area contributed by atoms with Crippen molar-refractivity contribution in [1.82, 2.24) is 15.1 Å². The number of aryl methyl sites for hydroxylation is 1. The summed E-state index contributed by atoms with van der Waals surface area (Å²) in [5.41, 5.74) is 0.848. The van der Waals surface area contributed by atoms with E-state index >= 15 is 0 Å². The van der Waals surface area contributed by atoms with Gasteiger partial charge in [0, 0.05) is 25.6 Å². The molecule has 1 aliphatic heterocycles. The fourth-order valence-electron chi connectivity index (χ4n) is 3.88. The molecule has 0 aliphatic carbocycles. The molecule has 1 aromatic carbocycles. The average Bonchev–Trinajstić information content (AvgIpc) is 2.84. The second-order valence-electron chi connectivity index (χ2n) is 8.84. The van der Waals surface area contributed by atoms with Crippen LogP contribution in [0.15, 0.2) is 24.3 Å². The summed E-state index contributed by atoms with van der Waals surface area (Å²) >= 11 is 0. The van der Waals surface area contributed by atoms with Gasteiger partial charge in [-0.1, -0.05) is 32.4 Å². The monoisotopic (exact) mass is 477 g/mol. The third-order valence-corrected chi connectivity index (χ3v) is 6.32. The molecule has 0 radical (unpaired) electrons. The number of phenols is 1. The van der Waals surface area contributed by atoms with Crippen molar-refractivity contribution in [3.05, 3.63) is 29.8 Å². The van der Waals surface area contributed by atoms with Crippen LogP contribution < -0.4 is 5.32 Å². The van der Waals surface area contributed by atoms with Crippen LogP contribution in [0.1, 0.15) is 45.1 Å². The normalized spacial score (nSPS) is 15.9. The zero-order chi connectivity index (χ0) is 25.3. The zero-order valence-electron chi connectivity index (χ0n) is 19.8. The Kier molecular flexibility index (Phi) is 10.3. The number of aliphatic hydroxyl groups is 1. The quantitative estimate of drug-likeness (QED) is 0.404. The van der Waals surface area contributed by atoms with Gasteiger partial charge in [0.2, 0.25) is 5.91 Å².